The van der Waals surface area contributed by atoms with E-state index in [0.29, 0.717) is 0 Å². The van der Waals surface area contributed by atoms with Crippen LogP contribution in [0.25, 0.3) is 0 Å². The summed E-state index contributed by atoms with van der Waals surface area (Å²) in [6.07, 6.45) is -4.89. The second-order valence-corrected chi connectivity index (χ2v) is 3.37. The van der Waals surface area contributed by atoms with Gasteiger partial charge in [0.15, 0.2) is 0 Å². The zero-order valence-electron chi connectivity index (χ0n) is 7.89. The van der Waals surface area contributed by atoms with Crippen molar-refractivity contribution >= 4 is 17.4 Å². The Balaban J connectivity index is 2.86. The second-order valence-electron chi connectivity index (χ2n) is 2.90. The van der Waals surface area contributed by atoms with Crippen LogP contribution in [0.1, 0.15) is 10.4 Å². The Morgan fingerprint density at radius 1 is 1.06 bits per heavy atom. The summed E-state index contributed by atoms with van der Waals surface area (Å²) in [5, 5.41) is -4.09. The topological polar surface area (TPSA) is 26.3 Å². The van der Waals surface area contributed by atoms with Gasteiger partial charge in [0.1, 0.15) is 5.75 Å². The number of ether oxygens (including phenoxy) is 1. The van der Waals surface area contributed by atoms with Gasteiger partial charge in [-0.1, -0.05) is 0 Å². The first-order valence-electron chi connectivity index (χ1n) is 4.07. The predicted molar refractivity (Wildman–Crippen MR) is 48.3 cm³/mol. The van der Waals surface area contributed by atoms with Gasteiger partial charge in [0, 0.05) is 5.56 Å². The van der Waals surface area contributed by atoms with Crippen molar-refractivity contribution in [3.63, 3.8) is 0 Å². The smallest absolute Gasteiger partial charge is 0.406 e. The molecule has 17 heavy (non-hydrogen) atoms. The molecule has 0 amide bonds. The number of hydrogen-bond donors (Lipinski definition) is 0. The number of ketones is 1. The van der Waals surface area contributed by atoms with Crippen molar-refractivity contribution in [2.75, 3.05) is 0 Å². The number of carbonyl (C=O) groups is 1. The minimum absolute atomic E-state index is 0.514. The zero-order chi connectivity index (χ0) is 13.3. The van der Waals surface area contributed by atoms with Crippen molar-refractivity contribution in [2.24, 2.45) is 0 Å². The summed E-state index contributed by atoms with van der Waals surface area (Å²) in [4.78, 5) is 10.9. The van der Waals surface area contributed by atoms with Crippen LogP contribution in [0.5, 0.6) is 5.75 Å². The van der Waals surface area contributed by atoms with Gasteiger partial charge in [-0.2, -0.15) is 8.78 Å². The summed E-state index contributed by atoms with van der Waals surface area (Å²) in [5.41, 5.74) is -0.514. The largest absolute Gasteiger partial charge is 0.573 e. The van der Waals surface area contributed by atoms with E-state index in [1.54, 1.807) is 0 Å². The third-order valence-electron chi connectivity index (χ3n) is 1.61. The molecule has 0 bridgehead atoms. The number of alkyl halides is 6. The number of carbonyl (C=O) groups excluding carboxylic acids is 1. The Morgan fingerprint density at radius 3 is 1.88 bits per heavy atom. The Bertz CT molecular complexity index is 407. The molecule has 0 unspecified atom stereocenters. The standard InChI is InChI=1S/C9H4ClF5O2/c10-8(11,12)7(16)5-1-3-6(4-2-5)17-9(13,14)15/h1-4H. The molecule has 1 rings (SSSR count). The molecule has 0 radical (unpaired) electrons. The zero-order valence-corrected chi connectivity index (χ0v) is 8.65. The molecule has 0 N–H and O–H groups in total. The predicted octanol–water partition coefficient (Wildman–Crippen LogP) is 3.60. The molecular formula is C9H4ClF5O2. The molecule has 0 aliphatic heterocycles. The van der Waals surface area contributed by atoms with E-state index in [-0.39, 0.29) is 0 Å². The van der Waals surface area contributed by atoms with Crippen molar-refractivity contribution in [1.82, 2.24) is 0 Å². The van der Waals surface area contributed by atoms with Gasteiger partial charge in [-0.05, 0) is 35.9 Å². The van der Waals surface area contributed by atoms with E-state index < -0.39 is 28.8 Å². The molecule has 0 aliphatic carbocycles. The maximum absolute atomic E-state index is 12.4. The summed E-state index contributed by atoms with van der Waals surface area (Å²) in [6, 6.07) is 3.01. The van der Waals surface area contributed by atoms with Crippen molar-refractivity contribution in [3.8, 4) is 5.75 Å². The van der Waals surface area contributed by atoms with Crippen LogP contribution in [0.3, 0.4) is 0 Å². The molecule has 0 saturated heterocycles. The van der Waals surface area contributed by atoms with Gasteiger partial charge in [0.2, 0.25) is 5.78 Å². The second kappa shape index (κ2) is 4.48. The quantitative estimate of drug-likeness (QED) is 0.478. The summed E-state index contributed by atoms with van der Waals surface area (Å²) >= 11 is 4.47. The van der Waals surface area contributed by atoms with E-state index in [2.05, 4.69) is 16.3 Å². The molecule has 0 spiro atoms. The Labute approximate surface area is 96.9 Å². The minimum Gasteiger partial charge on any atom is -0.406 e. The van der Waals surface area contributed by atoms with E-state index >= 15 is 0 Å². The van der Waals surface area contributed by atoms with E-state index in [4.69, 9.17) is 0 Å². The highest BCUT2D eigenvalue weighted by Crippen LogP contribution is 2.27. The van der Waals surface area contributed by atoms with Crippen molar-refractivity contribution < 1.29 is 31.5 Å². The average Bonchev–Trinajstić information content (AvgIpc) is 2.14. The highest BCUT2D eigenvalue weighted by molar-refractivity contribution is 6.35. The molecular weight excluding hydrogens is 271 g/mol. The molecule has 0 aromatic heterocycles. The summed E-state index contributed by atoms with van der Waals surface area (Å²) < 4.78 is 63.5. The lowest BCUT2D eigenvalue weighted by Gasteiger charge is -2.10. The van der Waals surface area contributed by atoms with Gasteiger partial charge in [0.05, 0.1) is 0 Å². The SMILES string of the molecule is O=C(c1ccc(OC(F)(F)F)cc1)C(F)(F)Cl. The number of Topliss-reactive ketones (excluding diaryl/α,β-unsaturated/α-hetero) is 1. The molecule has 8 heteroatoms. The lowest BCUT2D eigenvalue weighted by atomic mass is 10.1. The number of rotatable bonds is 3. The van der Waals surface area contributed by atoms with Gasteiger partial charge in [0.25, 0.3) is 0 Å². The number of benzene rings is 1. The molecule has 0 aliphatic rings. The van der Waals surface area contributed by atoms with Crippen molar-refractivity contribution in [1.29, 1.82) is 0 Å². The summed E-state index contributed by atoms with van der Waals surface area (Å²) in [7, 11) is 0. The van der Waals surface area contributed by atoms with E-state index in [1.165, 1.54) is 0 Å². The van der Waals surface area contributed by atoms with Crippen LogP contribution in [-0.4, -0.2) is 17.5 Å². The molecule has 0 saturated carbocycles. The van der Waals surface area contributed by atoms with E-state index in [1.807, 2.05) is 0 Å². The summed E-state index contributed by atoms with van der Waals surface area (Å²) in [6.45, 7) is 0. The molecule has 0 fully saturated rings. The van der Waals surface area contributed by atoms with Crippen molar-refractivity contribution in [3.05, 3.63) is 29.8 Å². The lowest BCUT2D eigenvalue weighted by molar-refractivity contribution is -0.274. The van der Waals surface area contributed by atoms with Crippen LogP contribution in [0.2, 0.25) is 0 Å². The maximum Gasteiger partial charge on any atom is 0.573 e. The van der Waals surface area contributed by atoms with Crippen LogP contribution in [0.15, 0.2) is 24.3 Å². The van der Waals surface area contributed by atoms with Crippen LogP contribution < -0.4 is 4.74 Å². The number of halogens is 6. The highest BCUT2D eigenvalue weighted by Gasteiger charge is 2.36. The Morgan fingerprint density at radius 2 is 1.53 bits per heavy atom. The van der Waals surface area contributed by atoms with Crippen molar-refractivity contribution in [2.45, 2.75) is 11.7 Å². The lowest BCUT2D eigenvalue weighted by Crippen LogP contribution is -2.21. The third-order valence-corrected chi connectivity index (χ3v) is 1.78. The molecule has 2 nitrogen and oxygen atoms in total. The van der Waals surface area contributed by atoms with E-state index in [0.717, 1.165) is 24.3 Å². The van der Waals surface area contributed by atoms with Crippen LogP contribution in [0, 0.1) is 0 Å². The van der Waals surface area contributed by atoms with Crippen LogP contribution in [0.4, 0.5) is 22.0 Å². The molecule has 94 valence electrons. The van der Waals surface area contributed by atoms with Gasteiger partial charge in [-0.25, -0.2) is 0 Å². The minimum atomic E-state index is -4.89. The monoisotopic (exact) mass is 274 g/mol. The van der Waals surface area contributed by atoms with Gasteiger partial charge in [-0.3, -0.25) is 4.79 Å². The normalized spacial score (nSPS) is 12.4. The van der Waals surface area contributed by atoms with Crippen LogP contribution >= 0.6 is 11.6 Å². The van der Waals surface area contributed by atoms with Gasteiger partial charge in [-0.15, -0.1) is 13.2 Å². The fraction of sp³-hybridized carbons (Fsp3) is 0.222. The van der Waals surface area contributed by atoms with Gasteiger partial charge < -0.3 is 4.74 Å². The van der Waals surface area contributed by atoms with Gasteiger partial charge >= 0.3 is 11.7 Å². The Kier molecular flexibility index (Phi) is 3.61. The third kappa shape index (κ3) is 4.18. The Hall–Kier alpha value is -1.37. The first-order valence-corrected chi connectivity index (χ1v) is 4.45. The molecule has 0 atom stereocenters. The first-order chi connectivity index (χ1) is 7.59. The fourth-order valence-electron chi connectivity index (χ4n) is 0.972. The summed E-state index contributed by atoms with van der Waals surface area (Å²) in [5.74, 6) is -2.32. The highest BCUT2D eigenvalue weighted by atomic mass is 35.5. The maximum atomic E-state index is 12.4. The molecule has 0 heterocycles. The van der Waals surface area contributed by atoms with E-state index in [9.17, 15) is 26.7 Å². The molecule has 1 aromatic rings. The molecule has 1 aromatic carbocycles. The first kappa shape index (κ1) is 13.7. The average molecular weight is 275 g/mol. The van der Waals surface area contributed by atoms with Crippen LogP contribution in [-0.2, 0) is 0 Å². The number of hydrogen-bond acceptors (Lipinski definition) is 2. The fourth-order valence-corrected chi connectivity index (χ4v) is 1.08.